The Hall–Kier alpha value is -0.370. The minimum absolute atomic E-state index is 0.0795. The smallest absolute Gasteiger partial charge is 0.133 e. The Bertz CT molecular complexity index is 486. The van der Waals surface area contributed by atoms with Gasteiger partial charge in [0.25, 0.3) is 0 Å². The van der Waals surface area contributed by atoms with Crippen LogP contribution >= 0.6 is 0 Å². The van der Waals surface area contributed by atoms with E-state index in [0.29, 0.717) is 23.0 Å². The van der Waals surface area contributed by atoms with E-state index in [9.17, 15) is 9.90 Å². The molecule has 4 aliphatic rings. The molecule has 0 heterocycles. The first-order valence-corrected chi connectivity index (χ1v) is 9.56. The summed E-state index contributed by atoms with van der Waals surface area (Å²) in [7, 11) is 0. The van der Waals surface area contributed by atoms with E-state index in [1.807, 2.05) is 0 Å². The molecule has 2 heteroatoms. The van der Waals surface area contributed by atoms with Crippen LogP contribution < -0.4 is 0 Å². The monoisotopic (exact) mass is 304 g/mol. The van der Waals surface area contributed by atoms with E-state index in [2.05, 4.69) is 20.8 Å². The fourth-order valence-electron chi connectivity index (χ4n) is 7.40. The maximum absolute atomic E-state index is 12.0. The Morgan fingerprint density at radius 3 is 2.55 bits per heavy atom. The number of ketones is 1. The number of hydrogen-bond donors (Lipinski definition) is 1. The van der Waals surface area contributed by atoms with Crippen molar-refractivity contribution in [1.29, 1.82) is 0 Å². The number of carbonyl (C=O) groups excluding carboxylic acids is 1. The van der Waals surface area contributed by atoms with Gasteiger partial charge in [0.15, 0.2) is 0 Å². The molecule has 2 nitrogen and oxygen atoms in total. The first-order chi connectivity index (χ1) is 10.4. The highest BCUT2D eigenvalue weighted by Crippen LogP contribution is 2.67. The van der Waals surface area contributed by atoms with Crippen molar-refractivity contribution >= 4 is 5.78 Å². The molecule has 0 unspecified atom stereocenters. The third kappa shape index (κ3) is 1.85. The first-order valence-electron chi connectivity index (χ1n) is 9.56. The molecule has 0 saturated heterocycles. The molecular weight excluding hydrogens is 272 g/mol. The summed E-state index contributed by atoms with van der Waals surface area (Å²) in [6.07, 6.45) is 8.65. The van der Waals surface area contributed by atoms with Gasteiger partial charge in [0, 0.05) is 12.8 Å². The average Bonchev–Trinajstić information content (AvgIpc) is 2.77. The number of hydrogen-bond acceptors (Lipinski definition) is 2. The van der Waals surface area contributed by atoms with Crippen molar-refractivity contribution in [3.8, 4) is 0 Å². The van der Waals surface area contributed by atoms with Gasteiger partial charge >= 0.3 is 0 Å². The molecule has 124 valence electrons. The maximum Gasteiger partial charge on any atom is 0.133 e. The summed E-state index contributed by atoms with van der Waals surface area (Å²) in [6, 6.07) is 0. The quantitative estimate of drug-likeness (QED) is 0.728. The van der Waals surface area contributed by atoms with E-state index in [0.717, 1.165) is 43.4 Å². The highest BCUT2D eigenvalue weighted by molar-refractivity contribution is 5.79. The molecule has 0 aromatic rings. The Labute approximate surface area is 135 Å². The van der Waals surface area contributed by atoms with Gasteiger partial charge in [0.05, 0.1) is 6.10 Å². The van der Waals surface area contributed by atoms with Crippen molar-refractivity contribution in [1.82, 2.24) is 0 Å². The number of rotatable bonds is 0. The van der Waals surface area contributed by atoms with Crippen molar-refractivity contribution in [2.45, 2.75) is 78.2 Å². The van der Waals surface area contributed by atoms with Gasteiger partial charge in [-0.05, 0) is 78.9 Å². The Morgan fingerprint density at radius 2 is 1.77 bits per heavy atom. The molecule has 0 radical (unpaired) electrons. The van der Waals surface area contributed by atoms with E-state index >= 15 is 0 Å². The molecule has 22 heavy (non-hydrogen) atoms. The van der Waals surface area contributed by atoms with E-state index in [-0.39, 0.29) is 11.5 Å². The normalized spacial score (nSPS) is 57.9. The molecule has 8 atom stereocenters. The van der Waals surface area contributed by atoms with Gasteiger partial charge in [-0.25, -0.2) is 0 Å². The lowest BCUT2D eigenvalue weighted by Gasteiger charge is -2.62. The first kappa shape index (κ1) is 15.2. The van der Waals surface area contributed by atoms with Gasteiger partial charge in [-0.3, -0.25) is 4.79 Å². The zero-order valence-corrected chi connectivity index (χ0v) is 14.5. The molecule has 0 spiro atoms. The van der Waals surface area contributed by atoms with E-state index in [1.54, 1.807) is 0 Å². The lowest BCUT2D eigenvalue weighted by molar-refractivity contribution is -0.153. The van der Waals surface area contributed by atoms with Crippen LogP contribution in [0.1, 0.15) is 72.1 Å². The third-order valence-electron chi connectivity index (χ3n) is 8.79. The molecule has 4 saturated carbocycles. The summed E-state index contributed by atoms with van der Waals surface area (Å²) in [5, 5.41) is 10.5. The summed E-state index contributed by atoms with van der Waals surface area (Å²) in [5.41, 5.74) is 0.559. The van der Waals surface area contributed by atoms with Gasteiger partial charge < -0.3 is 5.11 Å². The lowest BCUT2D eigenvalue weighted by Crippen LogP contribution is -2.56. The van der Waals surface area contributed by atoms with Crippen molar-refractivity contribution in [3.05, 3.63) is 0 Å². The van der Waals surface area contributed by atoms with Crippen LogP contribution in [0.3, 0.4) is 0 Å². The lowest BCUT2D eigenvalue weighted by atomic mass is 9.43. The Balaban J connectivity index is 1.68. The second-order valence-electron chi connectivity index (χ2n) is 9.59. The fraction of sp³-hybridized carbons (Fsp3) is 0.950. The molecule has 4 aliphatic carbocycles. The summed E-state index contributed by atoms with van der Waals surface area (Å²) in [6.45, 7) is 7.30. The van der Waals surface area contributed by atoms with Gasteiger partial charge in [-0.1, -0.05) is 20.8 Å². The van der Waals surface area contributed by atoms with Crippen LogP contribution in [0.5, 0.6) is 0 Å². The zero-order chi connectivity index (χ0) is 15.7. The summed E-state index contributed by atoms with van der Waals surface area (Å²) in [5.74, 6) is 4.14. The fourth-order valence-corrected chi connectivity index (χ4v) is 7.40. The number of aliphatic hydroxyl groups is 1. The van der Waals surface area contributed by atoms with Crippen molar-refractivity contribution in [2.75, 3.05) is 0 Å². The molecule has 4 rings (SSSR count). The number of fused-ring (bicyclic) bond motifs is 5. The molecule has 0 aromatic carbocycles. The van der Waals surface area contributed by atoms with Crippen LogP contribution in [0, 0.1) is 40.4 Å². The summed E-state index contributed by atoms with van der Waals surface area (Å²) >= 11 is 0. The molecule has 1 N–H and O–H groups in total. The number of carbonyl (C=O) groups is 1. The number of Topliss-reactive ketones (excluding diaryl/α,β-unsaturated/α-hetero) is 1. The average molecular weight is 304 g/mol. The van der Waals surface area contributed by atoms with Gasteiger partial charge in [-0.15, -0.1) is 0 Å². The minimum atomic E-state index is -0.0795. The minimum Gasteiger partial charge on any atom is -0.393 e. The molecule has 0 amide bonds. The highest BCUT2D eigenvalue weighted by atomic mass is 16.3. The maximum atomic E-state index is 12.0. The highest BCUT2D eigenvalue weighted by Gasteiger charge is 2.61. The second-order valence-corrected chi connectivity index (χ2v) is 9.59. The van der Waals surface area contributed by atoms with Crippen molar-refractivity contribution in [3.63, 3.8) is 0 Å². The molecular formula is C20H32O2. The van der Waals surface area contributed by atoms with Crippen molar-refractivity contribution < 1.29 is 9.90 Å². The van der Waals surface area contributed by atoms with Crippen LogP contribution in [0.2, 0.25) is 0 Å². The standard InChI is InChI=1S/C20H32O2/c1-12-10-13-11-14(21)6-8-19(13,2)16-7-9-20(3)15(18(12)16)4-5-17(20)22/h12-13,15-18,22H,4-11H2,1-3H3/t12-,13-,15+,16+,17+,18+,19-,20-/m1/s1. The zero-order valence-electron chi connectivity index (χ0n) is 14.5. The molecule has 4 fully saturated rings. The molecule has 0 bridgehead atoms. The van der Waals surface area contributed by atoms with Crippen LogP contribution in [0.4, 0.5) is 0 Å². The van der Waals surface area contributed by atoms with Crippen LogP contribution in [-0.4, -0.2) is 17.0 Å². The van der Waals surface area contributed by atoms with Gasteiger partial charge in [0.2, 0.25) is 0 Å². The summed E-state index contributed by atoms with van der Waals surface area (Å²) < 4.78 is 0. The predicted molar refractivity (Wildman–Crippen MR) is 87.3 cm³/mol. The third-order valence-corrected chi connectivity index (χ3v) is 8.79. The van der Waals surface area contributed by atoms with Crippen LogP contribution in [-0.2, 0) is 4.79 Å². The van der Waals surface area contributed by atoms with E-state index < -0.39 is 0 Å². The van der Waals surface area contributed by atoms with Crippen LogP contribution in [0.15, 0.2) is 0 Å². The predicted octanol–water partition coefficient (Wildman–Crippen LogP) is 4.21. The topological polar surface area (TPSA) is 37.3 Å². The second kappa shape index (κ2) is 4.82. The van der Waals surface area contributed by atoms with E-state index in [4.69, 9.17) is 0 Å². The van der Waals surface area contributed by atoms with Gasteiger partial charge in [0.1, 0.15) is 5.78 Å². The van der Waals surface area contributed by atoms with Gasteiger partial charge in [-0.2, -0.15) is 0 Å². The molecule has 0 aliphatic heterocycles. The van der Waals surface area contributed by atoms with E-state index in [1.165, 1.54) is 25.7 Å². The Kier molecular flexibility index (Phi) is 3.32. The Morgan fingerprint density at radius 1 is 1.05 bits per heavy atom. The van der Waals surface area contributed by atoms with Crippen molar-refractivity contribution in [2.24, 2.45) is 40.4 Å². The summed E-state index contributed by atoms with van der Waals surface area (Å²) in [4.78, 5) is 12.0. The SMILES string of the molecule is C[C@@H]1C[C@@H]2CC(=O)CC[C@@]2(C)[C@H]2CC[C@@]3(C)[C@@H](O)CC[C@H]3[C@H]12. The number of aliphatic hydroxyl groups excluding tert-OH is 1. The van der Waals surface area contributed by atoms with Crippen LogP contribution in [0.25, 0.3) is 0 Å². The largest absolute Gasteiger partial charge is 0.393 e. The molecule has 0 aromatic heterocycles.